The van der Waals surface area contributed by atoms with Gasteiger partial charge in [0.25, 0.3) is 11.8 Å². The summed E-state index contributed by atoms with van der Waals surface area (Å²) in [5.41, 5.74) is 1.84. The standard InChI is InChI=1S/C24H34N2O4/c1-5-29-20-9-7-19(8-10-20)21-22(25-14-11-18(4)12-15-25)24(28)26(23(21)27)13-6-16-30-17(2)3/h7-10,17-18H,5-6,11-16H2,1-4H3. The Kier molecular flexibility index (Phi) is 7.53. The molecule has 0 N–H and O–H groups in total. The third-order valence-corrected chi connectivity index (χ3v) is 5.67. The van der Waals surface area contributed by atoms with Gasteiger partial charge in [-0.3, -0.25) is 14.5 Å². The Morgan fingerprint density at radius 1 is 1.07 bits per heavy atom. The average Bonchev–Trinajstić information content (AvgIpc) is 2.97. The van der Waals surface area contributed by atoms with E-state index in [1.54, 1.807) is 0 Å². The van der Waals surface area contributed by atoms with E-state index in [1.165, 1.54) is 4.90 Å². The maximum atomic E-state index is 13.3. The number of carbonyl (C=O) groups excluding carboxylic acids is 2. The maximum absolute atomic E-state index is 13.3. The highest BCUT2D eigenvalue weighted by atomic mass is 16.5. The first kappa shape index (κ1) is 22.3. The van der Waals surface area contributed by atoms with Gasteiger partial charge < -0.3 is 14.4 Å². The molecule has 2 heterocycles. The molecule has 164 valence electrons. The van der Waals surface area contributed by atoms with Crippen LogP contribution in [0.2, 0.25) is 0 Å². The molecule has 1 aromatic rings. The minimum atomic E-state index is -0.206. The van der Waals surface area contributed by atoms with Gasteiger partial charge in [-0.1, -0.05) is 19.1 Å². The van der Waals surface area contributed by atoms with Crippen LogP contribution in [0.3, 0.4) is 0 Å². The molecule has 2 aliphatic heterocycles. The Hall–Kier alpha value is -2.34. The normalized spacial score (nSPS) is 18.2. The van der Waals surface area contributed by atoms with Crippen molar-refractivity contribution >= 4 is 17.4 Å². The lowest BCUT2D eigenvalue weighted by molar-refractivity contribution is -0.137. The van der Waals surface area contributed by atoms with Gasteiger partial charge in [-0.05, 0) is 63.6 Å². The Morgan fingerprint density at radius 2 is 1.73 bits per heavy atom. The van der Waals surface area contributed by atoms with Gasteiger partial charge in [0.15, 0.2) is 0 Å². The second-order valence-electron chi connectivity index (χ2n) is 8.39. The first-order valence-corrected chi connectivity index (χ1v) is 11.1. The number of benzene rings is 1. The van der Waals surface area contributed by atoms with Crippen LogP contribution < -0.4 is 4.74 Å². The number of carbonyl (C=O) groups is 2. The topological polar surface area (TPSA) is 59.1 Å². The molecule has 1 aromatic carbocycles. The molecule has 0 radical (unpaired) electrons. The van der Waals surface area contributed by atoms with E-state index >= 15 is 0 Å². The summed E-state index contributed by atoms with van der Waals surface area (Å²) in [6.07, 6.45) is 2.84. The van der Waals surface area contributed by atoms with Crippen molar-refractivity contribution in [2.75, 3.05) is 32.8 Å². The van der Waals surface area contributed by atoms with Gasteiger partial charge in [-0.15, -0.1) is 0 Å². The molecule has 2 amide bonds. The van der Waals surface area contributed by atoms with Crippen molar-refractivity contribution in [1.82, 2.24) is 9.80 Å². The van der Waals surface area contributed by atoms with Crippen LogP contribution in [0, 0.1) is 5.92 Å². The van der Waals surface area contributed by atoms with Crippen molar-refractivity contribution < 1.29 is 19.1 Å². The molecular weight excluding hydrogens is 380 g/mol. The molecular formula is C24H34N2O4. The minimum absolute atomic E-state index is 0.137. The van der Waals surface area contributed by atoms with Crippen molar-refractivity contribution in [2.24, 2.45) is 5.92 Å². The Bertz CT molecular complexity index is 777. The van der Waals surface area contributed by atoms with Gasteiger partial charge in [0, 0.05) is 26.2 Å². The van der Waals surface area contributed by atoms with E-state index in [0.29, 0.717) is 43.4 Å². The van der Waals surface area contributed by atoms with Crippen LogP contribution in [0.25, 0.3) is 5.57 Å². The smallest absolute Gasteiger partial charge is 0.277 e. The molecule has 0 aliphatic carbocycles. The van der Waals surface area contributed by atoms with Crippen LogP contribution in [0.1, 0.15) is 52.5 Å². The molecule has 2 aliphatic rings. The van der Waals surface area contributed by atoms with Gasteiger partial charge in [-0.25, -0.2) is 0 Å². The van der Waals surface area contributed by atoms with E-state index in [-0.39, 0.29) is 17.9 Å². The molecule has 0 spiro atoms. The third-order valence-electron chi connectivity index (χ3n) is 5.67. The summed E-state index contributed by atoms with van der Waals surface area (Å²) in [4.78, 5) is 30.1. The number of imide groups is 1. The summed E-state index contributed by atoms with van der Waals surface area (Å²) < 4.78 is 11.1. The molecule has 1 saturated heterocycles. The van der Waals surface area contributed by atoms with E-state index in [2.05, 4.69) is 11.8 Å². The predicted octanol–water partition coefficient (Wildman–Crippen LogP) is 3.71. The fourth-order valence-corrected chi connectivity index (χ4v) is 3.98. The number of ether oxygens (including phenoxy) is 2. The van der Waals surface area contributed by atoms with Crippen LogP contribution >= 0.6 is 0 Å². The SMILES string of the molecule is CCOc1ccc(C2=C(N3CCC(C)CC3)C(=O)N(CCCOC(C)C)C2=O)cc1. The molecule has 0 bridgehead atoms. The number of nitrogens with zero attached hydrogens (tertiary/aromatic N) is 2. The van der Waals surface area contributed by atoms with Crippen LogP contribution in [-0.2, 0) is 14.3 Å². The van der Waals surface area contributed by atoms with Crippen LogP contribution in [-0.4, -0.2) is 60.6 Å². The Morgan fingerprint density at radius 3 is 2.33 bits per heavy atom. The second kappa shape index (κ2) is 10.1. The van der Waals surface area contributed by atoms with Crippen LogP contribution in [0.4, 0.5) is 0 Å². The highest BCUT2D eigenvalue weighted by molar-refractivity contribution is 6.35. The van der Waals surface area contributed by atoms with Gasteiger partial charge in [0.2, 0.25) is 0 Å². The van der Waals surface area contributed by atoms with Gasteiger partial charge in [0.1, 0.15) is 11.4 Å². The quantitative estimate of drug-likeness (QED) is 0.455. The summed E-state index contributed by atoms with van der Waals surface area (Å²) in [7, 11) is 0. The Labute approximate surface area is 179 Å². The zero-order valence-corrected chi connectivity index (χ0v) is 18.6. The van der Waals surface area contributed by atoms with Gasteiger partial charge in [0.05, 0.1) is 18.3 Å². The second-order valence-corrected chi connectivity index (χ2v) is 8.39. The van der Waals surface area contributed by atoms with Crippen molar-refractivity contribution in [1.29, 1.82) is 0 Å². The molecule has 0 saturated carbocycles. The lowest BCUT2D eigenvalue weighted by Gasteiger charge is -2.32. The number of hydrogen-bond acceptors (Lipinski definition) is 5. The van der Waals surface area contributed by atoms with Gasteiger partial charge in [-0.2, -0.15) is 0 Å². The first-order chi connectivity index (χ1) is 14.4. The highest BCUT2D eigenvalue weighted by Gasteiger charge is 2.41. The van der Waals surface area contributed by atoms with Crippen molar-refractivity contribution in [3.05, 3.63) is 35.5 Å². The Balaban J connectivity index is 1.86. The average molecular weight is 415 g/mol. The minimum Gasteiger partial charge on any atom is -0.494 e. The largest absolute Gasteiger partial charge is 0.494 e. The van der Waals surface area contributed by atoms with Crippen molar-refractivity contribution in [3.63, 3.8) is 0 Å². The molecule has 30 heavy (non-hydrogen) atoms. The summed E-state index contributed by atoms with van der Waals surface area (Å²) in [5.74, 6) is 1.02. The maximum Gasteiger partial charge on any atom is 0.277 e. The van der Waals surface area contributed by atoms with Gasteiger partial charge >= 0.3 is 0 Å². The zero-order chi connectivity index (χ0) is 21.7. The van der Waals surface area contributed by atoms with Crippen LogP contribution in [0.5, 0.6) is 5.75 Å². The molecule has 0 aromatic heterocycles. The molecule has 1 fully saturated rings. The fraction of sp³-hybridized carbons (Fsp3) is 0.583. The molecule has 3 rings (SSSR count). The van der Waals surface area contributed by atoms with E-state index in [1.807, 2.05) is 45.0 Å². The fourth-order valence-electron chi connectivity index (χ4n) is 3.98. The van der Waals surface area contributed by atoms with E-state index in [4.69, 9.17) is 9.47 Å². The highest BCUT2D eigenvalue weighted by Crippen LogP contribution is 2.34. The molecule has 0 atom stereocenters. The monoisotopic (exact) mass is 414 g/mol. The van der Waals surface area contributed by atoms with Crippen molar-refractivity contribution in [3.8, 4) is 5.75 Å². The van der Waals surface area contributed by atoms with Crippen molar-refractivity contribution in [2.45, 2.75) is 53.1 Å². The predicted molar refractivity (Wildman–Crippen MR) is 117 cm³/mol. The summed E-state index contributed by atoms with van der Waals surface area (Å²) in [5, 5.41) is 0. The lowest BCUT2D eigenvalue weighted by atomic mass is 9.97. The molecule has 6 nitrogen and oxygen atoms in total. The number of likely N-dealkylation sites (tertiary alicyclic amines) is 1. The summed E-state index contributed by atoms with van der Waals surface area (Å²) in [6.45, 7) is 11.2. The van der Waals surface area contributed by atoms with E-state index in [9.17, 15) is 9.59 Å². The lowest BCUT2D eigenvalue weighted by Crippen LogP contribution is -2.39. The number of hydrogen-bond donors (Lipinski definition) is 0. The van der Waals surface area contributed by atoms with E-state index < -0.39 is 0 Å². The zero-order valence-electron chi connectivity index (χ0n) is 18.6. The molecule has 6 heteroatoms. The summed E-state index contributed by atoms with van der Waals surface area (Å²) in [6, 6.07) is 7.48. The van der Waals surface area contributed by atoms with E-state index in [0.717, 1.165) is 37.2 Å². The number of rotatable bonds is 9. The number of amides is 2. The molecule has 0 unspecified atom stereocenters. The first-order valence-electron chi connectivity index (χ1n) is 11.1. The summed E-state index contributed by atoms with van der Waals surface area (Å²) >= 11 is 0. The van der Waals surface area contributed by atoms with Crippen LogP contribution in [0.15, 0.2) is 30.0 Å². The third kappa shape index (κ3) is 5.04. The number of piperidine rings is 1.